The molecule has 0 spiro atoms. The Labute approximate surface area is 127 Å². The van der Waals surface area contributed by atoms with Crippen molar-refractivity contribution in [3.63, 3.8) is 0 Å². The first-order valence-electron chi connectivity index (χ1n) is 6.50. The van der Waals surface area contributed by atoms with Crippen molar-refractivity contribution in [1.82, 2.24) is 9.97 Å². The molecule has 1 N–H and O–H groups in total. The number of ether oxygens (including phenoxy) is 1. The zero-order valence-electron chi connectivity index (χ0n) is 12.1. The lowest BCUT2D eigenvalue weighted by atomic mass is 10.2. The molecule has 0 saturated heterocycles. The number of rotatable bonds is 4. The molecule has 5 heteroatoms. The molecule has 2 rings (SSSR count). The highest BCUT2D eigenvalue weighted by Gasteiger charge is 2.10. The molecule has 2 aromatic rings. The lowest BCUT2D eigenvalue weighted by Crippen LogP contribution is -2.03. The third-order valence-corrected chi connectivity index (χ3v) is 3.41. The van der Waals surface area contributed by atoms with E-state index < -0.39 is 0 Å². The highest BCUT2D eigenvalue weighted by molar-refractivity contribution is 9.10. The molecule has 0 atom stereocenters. The Morgan fingerprint density at radius 1 is 1.20 bits per heavy atom. The van der Waals surface area contributed by atoms with Gasteiger partial charge in [-0.15, -0.1) is 0 Å². The van der Waals surface area contributed by atoms with E-state index in [1.165, 1.54) is 5.56 Å². The van der Waals surface area contributed by atoms with Crippen molar-refractivity contribution in [2.75, 3.05) is 12.4 Å². The first-order chi connectivity index (χ1) is 9.49. The Morgan fingerprint density at radius 2 is 1.95 bits per heavy atom. The van der Waals surface area contributed by atoms with Gasteiger partial charge in [-0.1, -0.05) is 19.9 Å². The van der Waals surface area contributed by atoms with Crippen LogP contribution in [0.25, 0.3) is 0 Å². The van der Waals surface area contributed by atoms with E-state index in [0.29, 0.717) is 5.88 Å². The van der Waals surface area contributed by atoms with Crippen LogP contribution >= 0.6 is 15.9 Å². The monoisotopic (exact) mass is 335 g/mol. The first kappa shape index (κ1) is 14.8. The number of hydrogen-bond acceptors (Lipinski definition) is 4. The van der Waals surface area contributed by atoms with Gasteiger partial charge >= 0.3 is 0 Å². The van der Waals surface area contributed by atoms with Crippen LogP contribution in [0.4, 0.5) is 5.82 Å². The second-order valence-corrected chi connectivity index (χ2v) is 5.74. The van der Waals surface area contributed by atoms with Gasteiger partial charge in [0.15, 0.2) is 0 Å². The summed E-state index contributed by atoms with van der Waals surface area (Å²) >= 11 is 3.50. The molecular formula is C15H18BrN3O. The van der Waals surface area contributed by atoms with Crippen molar-refractivity contribution < 1.29 is 4.74 Å². The van der Waals surface area contributed by atoms with E-state index >= 15 is 0 Å². The van der Waals surface area contributed by atoms with E-state index in [9.17, 15) is 0 Å². The minimum Gasteiger partial charge on any atom is -0.438 e. The van der Waals surface area contributed by atoms with Crippen LogP contribution in [0.5, 0.6) is 11.6 Å². The van der Waals surface area contributed by atoms with E-state index in [2.05, 4.69) is 45.1 Å². The van der Waals surface area contributed by atoms with Crippen molar-refractivity contribution in [3.8, 4) is 11.6 Å². The SMILES string of the molecule is CNc1cc(Oc2ccc(C)cc2Br)nc(C(C)C)n1. The molecule has 0 aliphatic carbocycles. The Bertz CT molecular complexity index is 614. The normalized spacial score (nSPS) is 10.7. The fraction of sp³-hybridized carbons (Fsp3) is 0.333. The summed E-state index contributed by atoms with van der Waals surface area (Å²) in [4.78, 5) is 8.86. The van der Waals surface area contributed by atoms with E-state index in [1.807, 2.05) is 32.2 Å². The Morgan fingerprint density at radius 3 is 2.55 bits per heavy atom. The summed E-state index contributed by atoms with van der Waals surface area (Å²) < 4.78 is 6.77. The maximum absolute atomic E-state index is 5.86. The lowest BCUT2D eigenvalue weighted by Gasteiger charge is -2.11. The summed E-state index contributed by atoms with van der Waals surface area (Å²) in [6.07, 6.45) is 0. The van der Waals surface area contributed by atoms with Gasteiger partial charge in [-0.3, -0.25) is 0 Å². The Kier molecular flexibility index (Phi) is 4.60. The Balaban J connectivity index is 2.34. The summed E-state index contributed by atoms with van der Waals surface area (Å²) in [5.41, 5.74) is 1.17. The topological polar surface area (TPSA) is 47.0 Å². The summed E-state index contributed by atoms with van der Waals surface area (Å²) in [6, 6.07) is 7.73. The fourth-order valence-corrected chi connectivity index (χ4v) is 2.26. The van der Waals surface area contributed by atoms with Crippen molar-refractivity contribution in [1.29, 1.82) is 0 Å². The molecule has 1 aromatic carbocycles. The van der Waals surface area contributed by atoms with Gasteiger partial charge in [0, 0.05) is 19.0 Å². The predicted molar refractivity (Wildman–Crippen MR) is 84.6 cm³/mol. The minimum absolute atomic E-state index is 0.243. The third-order valence-electron chi connectivity index (χ3n) is 2.79. The number of nitrogens with one attached hydrogen (secondary N) is 1. The zero-order chi connectivity index (χ0) is 14.7. The van der Waals surface area contributed by atoms with Crippen molar-refractivity contribution >= 4 is 21.7 Å². The molecule has 0 amide bonds. The fourth-order valence-electron chi connectivity index (χ4n) is 1.68. The van der Waals surface area contributed by atoms with Crippen LogP contribution < -0.4 is 10.1 Å². The summed E-state index contributed by atoms with van der Waals surface area (Å²) in [7, 11) is 1.83. The molecule has 0 fully saturated rings. The number of aromatic nitrogens is 2. The number of halogens is 1. The number of hydrogen-bond donors (Lipinski definition) is 1. The highest BCUT2D eigenvalue weighted by Crippen LogP contribution is 2.30. The van der Waals surface area contributed by atoms with Gasteiger partial charge in [0.05, 0.1) is 4.47 Å². The number of nitrogens with zero attached hydrogens (tertiary/aromatic N) is 2. The van der Waals surface area contributed by atoms with Crippen LogP contribution in [-0.2, 0) is 0 Å². The van der Waals surface area contributed by atoms with Crippen molar-refractivity contribution in [2.24, 2.45) is 0 Å². The standard InChI is InChI=1S/C15H18BrN3O/c1-9(2)15-18-13(17-4)8-14(19-15)20-12-6-5-10(3)7-11(12)16/h5-9H,1-4H3,(H,17,18,19). The van der Waals surface area contributed by atoms with E-state index in [1.54, 1.807) is 6.07 Å². The van der Waals surface area contributed by atoms with Crippen LogP contribution in [0.2, 0.25) is 0 Å². The quantitative estimate of drug-likeness (QED) is 0.893. The van der Waals surface area contributed by atoms with E-state index in [-0.39, 0.29) is 5.92 Å². The van der Waals surface area contributed by atoms with Crippen LogP contribution in [0.15, 0.2) is 28.7 Å². The molecule has 0 saturated carbocycles. The first-order valence-corrected chi connectivity index (χ1v) is 7.29. The maximum atomic E-state index is 5.86. The largest absolute Gasteiger partial charge is 0.438 e. The zero-order valence-corrected chi connectivity index (χ0v) is 13.7. The van der Waals surface area contributed by atoms with Gasteiger partial charge in [-0.05, 0) is 40.5 Å². The van der Waals surface area contributed by atoms with Gasteiger partial charge in [-0.2, -0.15) is 4.98 Å². The molecule has 1 heterocycles. The Hall–Kier alpha value is -1.62. The van der Waals surface area contributed by atoms with Crippen LogP contribution in [0.3, 0.4) is 0 Å². The van der Waals surface area contributed by atoms with Crippen LogP contribution in [-0.4, -0.2) is 17.0 Å². The lowest BCUT2D eigenvalue weighted by molar-refractivity contribution is 0.454. The predicted octanol–water partition coefficient (Wildman–Crippen LogP) is 4.50. The average Bonchev–Trinajstić information content (AvgIpc) is 2.41. The second kappa shape index (κ2) is 6.22. The maximum Gasteiger partial charge on any atom is 0.224 e. The second-order valence-electron chi connectivity index (χ2n) is 4.89. The minimum atomic E-state index is 0.243. The molecule has 1 aromatic heterocycles. The van der Waals surface area contributed by atoms with E-state index in [4.69, 9.17) is 4.74 Å². The van der Waals surface area contributed by atoms with Crippen molar-refractivity contribution in [2.45, 2.75) is 26.7 Å². The van der Waals surface area contributed by atoms with Gasteiger partial charge in [0.2, 0.25) is 5.88 Å². The molecule has 4 nitrogen and oxygen atoms in total. The van der Waals surface area contributed by atoms with Gasteiger partial charge in [-0.25, -0.2) is 4.98 Å². The highest BCUT2D eigenvalue weighted by atomic mass is 79.9. The number of benzene rings is 1. The molecule has 0 unspecified atom stereocenters. The van der Waals surface area contributed by atoms with Gasteiger partial charge in [0.1, 0.15) is 17.4 Å². The molecule has 20 heavy (non-hydrogen) atoms. The summed E-state index contributed by atoms with van der Waals surface area (Å²) in [5, 5.41) is 3.03. The smallest absolute Gasteiger partial charge is 0.224 e. The third kappa shape index (κ3) is 3.48. The molecule has 106 valence electrons. The molecule has 0 radical (unpaired) electrons. The summed E-state index contributed by atoms with van der Waals surface area (Å²) in [6.45, 7) is 6.15. The molecule has 0 aliphatic heterocycles. The van der Waals surface area contributed by atoms with E-state index in [0.717, 1.165) is 21.9 Å². The van der Waals surface area contributed by atoms with Crippen LogP contribution in [0.1, 0.15) is 31.2 Å². The number of anilines is 1. The van der Waals surface area contributed by atoms with Crippen LogP contribution in [0, 0.1) is 6.92 Å². The van der Waals surface area contributed by atoms with Gasteiger partial charge in [0.25, 0.3) is 0 Å². The number of aryl methyl sites for hydroxylation is 1. The molecule has 0 bridgehead atoms. The molecule has 0 aliphatic rings. The van der Waals surface area contributed by atoms with Gasteiger partial charge < -0.3 is 10.1 Å². The average molecular weight is 336 g/mol. The summed E-state index contributed by atoms with van der Waals surface area (Å²) in [5.74, 6) is 3.03. The molecular weight excluding hydrogens is 318 g/mol. The van der Waals surface area contributed by atoms with Crippen molar-refractivity contribution in [3.05, 3.63) is 40.1 Å².